The van der Waals surface area contributed by atoms with E-state index in [-0.39, 0.29) is 18.3 Å². The van der Waals surface area contributed by atoms with Gasteiger partial charge in [-0.3, -0.25) is 9.69 Å². The minimum Gasteiger partial charge on any atom is -0.504 e. The van der Waals surface area contributed by atoms with Gasteiger partial charge in [0.1, 0.15) is 0 Å². The second-order valence-electron chi connectivity index (χ2n) is 5.61. The number of aliphatic carboxylic acids is 1. The molecule has 0 spiro atoms. The summed E-state index contributed by atoms with van der Waals surface area (Å²) in [5.41, 5.74) is 0.956. The number of aromatic hydroxyl groups is 1. The molecule has 5 heteroatoms. The van der Waals surface area contributed by atoms with Gasteiger partial charge in [-0.15, -0.1) is 0 Å². The summed E-state index contributed by atoms with van der Waals surface area (Å²) in [6, 6.07) is 5.49. The van der Waals surface area contributed by atoms with Gasteiger partial charge in [0.15, 0.2) is 11.5 Å². The summed E-state index contributed by atoms with van der Waals surface area (Å²) < 4.78 is 5.14. The van der Waals surface area contributed by atoms with Crippen molar-refractivity contribution in [3.05, 3.63) is 23.8 Å². The normalized spacial score (nSPS) is 17.1. The lowest BCUT2D eigenvalue weighted by Crippen LogP contribution is -2.39. The molecular weight excluding hydrogens is 270 g/mol. The van der Waals surface area contributed by atoms with Gasteiger partial charge in [0.25, 0.3) is 0 Å². The van der Waals surface area contributed by atoms with Crippen molar-refractivity contribution in [3.63, 3.8) is 0 Å². The molecular formula is C16H23NO4. The zero-order valence-corrected chi connectivity index (χ0v) is 12.6. The molecule has 1 saturated carbocycles. The van der Waals surface area contributed by atoms with Crippen LogP contribution in [-0.2, 0) is 4.79 Å². The Morgan fingerprint density at radius 3 is 2.67 bits per heavy atom. The summed E-state index contributed by atoms with van der Waals surface area (Å²) in [5, 5.41) is 18.9. The van der Waals surface area contributed by atoms with Gasteiger partial charge in [-0.2, -0.15) is 0 Å². The Labute approximate surface area is 125 Å². The van der Waals surface area contributed by atoms with E-state index in [1.807, 2.05) is 17.9 Å². The van der Waals surface area contributed by atoms with Gasteiger partial charge in [-0.25, -0.2) is 0 Å². The van der Waals surface area contributed by atoms with Crippen molar-refractivity contribution < 1.29 is 19.7 Å². The molecule has 0 bridgehead atoms. The molecule has 1 aliphatic carbocycles. The zero-order valence-electron chi connectivity index (χ0n) is 12.6. The standard InChI is InChI=1S/C16H23NO4/c1-11(12-7-8-14(18)15(9-12)21-2)17(10-16(19)20)13-5-3-4-6-13/h7-9,11,13,18H,3-6,10H2,1-2H3,(H,19,20). The minimum absolute atomic E-state index is 0.0290. The summed E-state index contributed by atoms with van der Waals surface area (Å²) in [7, 11) is 1.51. The Bertz CT molecular complexity index is 497. The van der Waals surface area contributed by atoms with Crippen LogP contribution in [0.15, 0.2) is 18.2 Å². The Morgan fingerprint density at radius 2 is 2.10 bits per heavy atom. The van der Waals surface area contributed by atoms with E-state index in [4.69, 9.17) is 4.74 Å². The smallest absolute Gasteiger partial charge is 0.317 e. The highest BCUT2D eigenvalue weighted by Crippen LogP contribution is 2.34. The number of nitrogens with zero attached hydrogens (tertiary/aromatic N) is 1. The lowest BCUT2D eigenvalue weighted by molar-refractivity contribution is -0.139. The topological polar surface area (TPSA) is 70.0 Å². The Balaban J connectivity index is 2.23. The van der Waals surface area contributed by atoms with Crippen molar-refractivity contribution in [2.75, 3.05) is 13.7 Å². The third-order valence-electron chi connectivity index (χ3n) is 4.30. The first-order chi connectivity index (χ1) is 10.0. The van der Waals surface area contributed by atoms with Crippen LogP contribution in [0.3, 0.4) is 0 Å². The zero-order chi connectivity index (χ0) is 15.4. The van der Waals surface area contributed by atoms with Gasteiger partial charge in [0, 0.05) is 12.1 Å². The molecule has 21 heavy (non-hydrogen) atoms. The van der Waals surface area contributed by atoms with Crippen molar-refractivity contribution in [2.24, 2.45) is 0 Å². The third-order valence-corrected chi connectivity index (χ3v) is 4.30. The number of hydrogen-bond donors (Lipinski definition) is 2. The van der Waals surface area contributed by atoms with Crippen LogP contribution in [0.25, 0.3) is 0 Å². The van der Waals surface area contributed by atoms with Gasteiger partial charge < -0.3 is 14.9 Å². The van der Waals surface area contributed by atoms with Crippen molar-refractivity contribution >= 4 is 5.97 Å². The first-order valence-electron chi connectivity index (χ1n) is 7.37. The van der Waals surface area contributed by atoms with Gasteiger partial charge in [0.05, 0.1) is 13.7 Å². The molecule has 0 heterocycles. The van der Waals surface area contributed by atoms with E-state index < -0.39 is 5.97 Å². The number of ether oxygens (including phenoxy) is 1. The van der Waals surface area contributed by atoms with Crippen LogP contribution in [0.5, 0.6) is 11.5 Å². The number of hydrogen-bond acceptors (Lipinski definition) is 4. The molecule has 0 amide bonds. The number of phenolic OH excluding ortho intramolecular Hbond substituents is 1. The summed E-state index contributed by atoms with van der Waals surface area (Å²) in [6.45, 7) is 2.04. The van der Waals surface area contributed by atoms with Crippen molar-refractivity contribution in [1.82, 2.24) is 4.90 Å². The lowest BCUT2D eigenvalue weighted by Gasteiger charge is -2.33. The highest BCUT2D eigenvalue weighted by atomic mass is 16.5. The molecule has 0 aromatic heterocycles. The maximum atomic E-state index is 11.2. The number of carboxylic acids is 1. The Morgan fingerprint density at radius 1 is 1.43 bits per heavy atom. The Kier molecular flexibility index (Phi) is 5.07. The quantitative estimate of drug-likeness (QED) is 0.844. The first-order valence-corrected chi connectivity index (χ1v) is 7.37. The predicted molar refractivity (Wildman–Crippen MR) is 79.7 cm³/mol. The second kappa shape index (κ2) is 6.80. The fourth-order valence-electron chi connectivity index (χ4n) is 3.12. The summed E-state index contributed by atoms with van der Waals surface area (Å²) >= 11 is 0. The van der Waals surface area contributed by atoms with Gasteiger partial charge in [-0.05, 0) is 37.5 Å². The molecule has 0 radical (unpaired) electrons. The molecule has 1 atom stereocenters. The minimum atomic E-state index is -0.806. The van der Waals surface area contributed by atoms with Crippen LogP contribution in [0.4, 0.5) is 0 Å². The SMILES string of the molecule is COc1cc(C(C)N(CC(=O)O)C2CCCC2)ccc1O. The molecule has 1 aromatic carbocycles. The van der Waals surface area contributed by atoms with E-state index in [2.05, 4.69) is 0 Å². The number of carbonyl (C=O) groups is 1. The molecule has 5 nitrogen and oxygen atoms in total. The number of rotatable bonds is 6. The maximum absolute atomic E-state index is 11.2. The molecule has 0 aliphatic heterocycles. The highest BCUT2D eigenvalue weighted by Gasteiger charge is 2.29. The summed E-state index contributed by atoms with van der Waals surface area (Å²) in [4.78, 5) is 13.2. The van der Waals surface area contributed by atoms with E-state index in [9.17, 15) is 15.0 Å². The van der Waals surface area contributed by atoms with Crippen LogP contribution < -0.4 is 4.74 Å². The lowest BCUT2D eigenvalue weighted by atomic mass is 10.0. The maximum Gasteiger partial charge on any atom is 0.317 e. The number of benzene rings is 1. The van der Waals surface area contributed by atoms with E-state index in [0.29, 0.717) is 11.8 Å². The molecule has 116 valence electrons. The van der Waals surface area contributed by atoms with Gasteiger partial charge in [0.2, 0.25) is 0 Å². The van der Waals surface area contributed by atoms with Gasteiger partial charge in [-0.1, -0.05) is 18.9 Å². The fourth-order valence-corrected chi connectivity index (χ4v) is 3.12. The predicted octanol–water partition coefficient (Wildman–Crippen LogP) is 2.79. The molecule has 2 N–H and O–H groups in total. The molecule has 0 saturated heterocycles. The van der Waals surface area contributed by atoms with Crippen LogP contribution in [0.2, 0.25) is 0 Å². The monoisotopic (exact) mass is 293 g/mol. The van der Waals surface area contributed by atoms with E-state index in [1.54, 1.807) is 12.1 Å². The van der Waals surface area contributed by atoms with E-state index >= 15 is 0 Å². The van der Waals surface area contributed by atoms with E-state index in [0.717, 1.165) is 31.2 Å². The van der Waals surface area contributed by atoms with Crippen LogP contribution in [-0.4, -0.2) is 40.8 Å². The molecule has 1 fully saturated rings. The van der Waals surface area contributed by atoms with Gasteiger partial charge >= 0.3 is 5.97 Å². The number of methoxy groups -OCH3 is 1. The first kappa shape index (κ1) is 15.6. The molecule has 1 aromatic rings. The summed E-state index contributed by atoms with van der Waals surface area (Å²) in [6.07, 6.45) is 4.42. The van der Waals surface area contributed by atoms with Crippen LogP contribution >= 0.6 is 0 Å². The van der Waals surface area contributed by atoms with Crippen molar-refractivity contribution in [3.8, 4) is 11.5 Å². The fraction of sp³-hybridized carbons (Fsp3) is 0.562. The Hall–Kier alpha value is -1.75. The van der Waals surface area contributed by atoms with Crippen LogP contribution in [0, 0.1) is 0 Å². The average Bonchev–Trinajstić information content (AvgIpc) is 2.98. The number of phenols is 1. The van der Waals surface area contributed by atoms with Crippen LogP contribution in [0.1, 0.15) is 44.2 Å². The molecule has 1 aliphatic rings. The second-order valence-corrected chi connectivity index (χ2v) is 5.61. The third kappa shape index (κ3) is 3.67. The summed E-state index contributed by atoms with van der Waals surface area (Å²) in [5.74, 6) is -0.292. The number of carboxylic acid groups (broad SMARTS) is 1. The van der Waals surface area contributed by atoms with Crippen molar-refractivity contribution in [2.45, 2.75) is 44.7 Å². The molecule has 2 rings (SSSR count). The van der Waals surface area contributed by atoms with E-state index in [1.165, 1.54) is 7.11 Å². The van der Waals surface area contributed by atoms with Crippen molar-refractivity contribution in [1.29, 1.82) is 0 Å². The largest absolute Gasteiger partial charge is 0.504 e. The highest BCUT2D eigenvalue weighted by molar-refractivity contribution is 5.69. The molecule has 1 unspecified atom stereocenters. The average molecular weight is 293 g/mol.